The Morgan fingerprint density at radius 2 is 1.57 bits per heavy atom. The van der Waals surface area contributed by atoms with Crippen LogP contribution in [0.15, 0.2) is 71.4 Å². The summed E-state index contributed by atoms with van der Waals surface area (Å²) in [5, 5.41) is 0. The smallest absolute Gasteiger partial charge is 0.256 e. The molecule has 6 heteroatoms. The third-order valence-electron chi connectivity index (χ3n) is 3.96. The third-order valence-corrected chi connectivity index (χ3v) is 4.42. The summed E-state index contributed by atoms with van der Waals surface area (Å²) in [7, 11) is 0. The summed E-state index contributed by atoms with van der Waals surface area (Å²) < 4.78 is 55.8. The molecule has 0 saturated carbocycles. The predicted octanol–water partition coefficient (Wildman–Crippen LogP) is 7.27. The minimum atomic E-state index is -2.70. The maximum absolute atomic E-state index is 14.7. The lowest BCUT2D eigenvalue weighted by atomic mass is 9.94. The number of rotatable bonds is 4. The summed E-state index contributed by atoms with van der Waals surface area (Å²) in [5.74, 6) is -1.69. The molecule has 0 bridgehead atoms. The summed E-state index contributed by atoms with van der Waals surface area (Å²) in [6.07, 6.45) is 0.491. The Morgan fingerprint density at radius 3 is 2.11 bits per heavy atom. The van der Waals surface area contributed by atoms with E-state index in [4.69, 9.17) is 0 Å². The Bertz CT molecular complexity index is 881. The average Bonchev–Trinajstić information content (AvgIpc) is 2.66. The van der Waals surface area contributed by atoms with Crippen LogP contribution in [0.5, 0.6) is 0 Å². The number of allylic oxidation sites excluding steroid dienone is 3. The zero-order valence-corrected chi connectivity index (χ0v) is 17.1. The van der Waals surface area contributed by atoms with Gasteiger partial charge in [-0.15, -0.1) is 0 Å². The van der Waals surface area contributed by atoms with Gasteiger partial charge < -0.3 is 4.90 Å². The van der Waals surface area contributed by atoms with Gasteiger partial charge in [0.1, 0.15) is 11.6 Å². The van der Waals surface area contributed by atoms with Crippen molar-refractivity contribution < 1.29 is 17.6 Å². The van der Waals surface area contributed by atoms with Crippen LogP contribution >= 0.6 is 15.9 Å². The lowest BCUT2D eigenvalue weighted by molar-refractivity contribution is 0.123. The fourth-order valence-electron chi connectivity index (χ4n) is 2.87. The third kappa shape index (κ3) is 4.73. The van der Waals surface area contributed by atoms with E-state index in [1.165, 1.54) is 0 Å². The van der Waals surface area contributed by atoms with E-state index in [0.29, 0.717) is 11.1 Å². The first kappa shape index (κ1) is 22.0. The van der Waals surface area contributed by atoms with Gasteiger partial charge in [0.15, 0.2) is 0 Å². The predicted molar refractivity (Wildman–Crippen MR) is 110 cm³/mol. The second-order valence-corrected chi connectivity index (χ2v) is 6.61. The van der Waals surface area contributed by atoms with Crippen molar-refractivity contribution in [3.8, 4) is 0 Å². The van der Waals surface area contributed by atoms with Gasteiger partial charge in [-0.05, 0) is 23.8 Å². The summed E-state index contributed by atoms with van der Waals surface area (Å²) >= 11 is 3.04. The molecule has 3 rings (SSSR count). The van der Waals surface area contributed by atoms with E-state index in [1.807, 2.05) is 13.8 Å². The van der Waals surface area contributed by atoms with E-state index < -0.39 is 24.6 Å². The molecule has 148 valence electrons. The van der Waals surface area contributed by atoms with Gasteiger partial charge in [0.05, 0.1) is 17.8 Å². The zero-order chi connectivity index (χ0) is 20.8. The van der Waals surface area contributed by atoms with E-state index in [0.717, 1.165) is 17.0 Å². The van der Waals surface area contributed by atoms with Crippen LogP contribution in [0.4, 0.5) is 17.6 Å². The molecule has 0 atom stereocenters. The van der Waals surface area contributed by atoms with Crippen LogP contribution in [-0.2, 0) is 0 Å². The highest BCUT2D eigenvalue weighted by atomic mass is 79.9. The molecular weight excluding hydrogens is 434 g/mol. The van der Waals surface area contributed by atoms with Gasteiger partial charge >= 0.3 is 0 Å². The Hall–Kier alpha value is -2.34. The maximum Gasteiger partial charge on any atom is 0.256 e. The summed E-state index contributed by atoms with van der Waals surface area (Å²) in [6, 6.07) is 11.1. The van der Waals surface area contributed by atoms with Crippen LogP contribution in [0.2, 0.25) is 0 Å². The summed E-state index contributed by atoms with van der Waals surface area (Å²) in [5.41, 5.74) is 1.01. The second kappa shape index (κ2) is 9.73. The first-order valence-corrected chi connectivity index (χ1v) is 9.55. The number of halogens is 5. The minimum absolute atomic E-state index is 0.0338. The molecule has 0 radical (unpaired) electrons. The van der Waals surface area contributed by atoms with Crippen molar-refractivity contribution in [2.24, 2.45) is 0 Å². The van der Waals surface area contributed by atoms with Crippen LogP contribution in [-0.4, -0.2) is 17.9 Å². The van der Waals surface area contributed by atoms with E-state index in [2.05, 4.69) is 22.5 Å². The number of nitrogens with zero attached hydrogens (tertiary/aromatic N) is 1. The molecule has 0 aliphatic carbocycles. The molecule has 1 nitrogen and oxygen atoms in total. The Morgan fingerprint density at radius 1 is 1.00 bits per heavy atom. The SMILES string of the molecule is C=C1C=CC(c2ccccc2)=C(c2c(F)cc(Br)cc2F)N1CC(F)F.CC. The largest absolute Gasteiger partial charge is 0.335 e. The quantitative estimate of drug-likeness (QED) is 0.439. The molecule has 2 aromatic carbocycles. The van der Waals surface area contributed by atoms with Crippen molar-refractivity contribution in [1.29, 1.82) is 0 Å². The van der Waals surface area contributed by atoms with E-state index in [-0.39, 0.29) is 21.4 Å². The molecule has 1 aliphatic heterocycles. The second-order valence-electron chi connectivity index (χ2n) is 5.70. The van der Waals surface area contributed by atoms with Crippen LogP contribution < -0.4 is 0 Å². The molecule has 0 unspecified atom stereocenters. The van der Waals surface area contributed by atoms with Crippen molar-refractivity contribution in [3.63, 3.8) is 0 Å². The number of hydrogen-bond acceptors (Lipinski definition) is 1. The fourth-order valence-corrected chi connectivity index (χ4v) is 3.27. The van der Waals surface area contributed by atoms with Gasteiger partial charge in [0.2, 0.25) is 0 Å². The molecule has 0 saturated heterocycles. The van der Waals surface area contributed by atoms with E-state index >= 15 is 0 Å². The Labute approximate surface area is 170 Å². The lowest BCUT2D eigenvalue weighted by Crippen LogP contribution is -2.29. The van der Waals surface area contributed by atoms with Crippen molar-refractivity contribution in [3.05, 3.63) is 94.1 Å². The highest BCUT2D eigenvalue weighted by Gasteiger charge is 2.29. The minimum Gasteiger partial charge on any atom is -0.335 e. The van der Waals surface area contributed by atoms with E-state index in [1.54, 1.807) is 42.5 Å². The molecular formula is C22H20BrF4N. The lowest BCUT2D eigenvalue weighted by Gasteiger charge is -2.33. The first-order chi connectivity index (χ1) is 13.4. The first-order valence-electron chi connectivity index (χ1n) is 8.75. The van der Waals surface area contributed by atoms with Gasteiger partial charge in [-0.25, -0.2) is 17.6 Å². The number of alkyl halides is 2. The van der Waals surface area contributed by atoms with Crippen LogP contribution in [0.1, 0.15) is 25.0 Å². The zero-order valence-electron chi connectivity index (χ0n) is 15.5. The summed E-state index contributed by atoms with van der Waals surface area (Å²) in [6.45, 7) is 7.03. The van der Waals surface area contributed by atoms with E-state index in [9.17, 15) is 17.6 Å². The molecule has 0 spiro atoms. The molecule has 0 N–H and O–H groups in total. The normalized spacial score (nSPS) is 13.7. The Kier molecular flexibility index (Phi) is 7.63. The monoisotopic (exact) mass is 453 g/mol. The average molecular weight is 454 g/mol. The molecule has 2 aromatic rings. The highest BCUT2D eigenvalue weighted by Crippen LogP contribution is 2.39. The molecule has 1 aliphatic rings. The van der Waals surface area contributed by atoms with Crippen molar-refractivity contribution >= 4 is 27.2 Å². The maximum atomic E-state index is 14.7. The number of benzene rings is 2. The molecule has 0 aromatic heterocycles. The highest BCUT2D eigenvalue weighted by molar-refractivity contribution is 9.10. The number of hydrogen-bond donors (Lipinski definition) is 0. The van der Waals surface area contributed by atoms with Crippen molar-refractivity contribution in [2.45, 2.75) is 20.3 Å². The van der Waals surface area contributed by atoms with Gasteiger partial charge in [0, 0.05) is 15.7 Å². The van der Waals surface area contributed by atoms with Crippen LogP contribution in [0.3, 0.4) is 0 Å². The molecule has 1 heterocycles. The fraction of sp³-hybridized carbons (Fsp3) is 0.182. The van der Waals surface area contributed by atoms with Gasteiger partial charge in [0.25, 0.3) is 6.43 Å². The summed E-state index contributed by atoms with van der Waals surface area (Å²) in [4.78, 5) is 1.16. The van der Waals surface area contributed by atoms with Gasteiger partial charge in [-0.3, -0.25) is 0 Å². The Balaban J connectivity index is 0.00000136. The molecule has 0 amide bonds. The topological polar surface area (TPSA) is 3.24 Å². The molecule has 28 heavy (non-hydrogen) atoms. The van der Waals surface area contributed by atoms with Gasteiger partial charge in [-0.2, -0.15) is 0 Å². The van der Waals surface area contributed by atoms with Crippen molar-refractivity contribution in [1.82, 2.24) is 4.90 Å². The molecule has 0 fully saturated rings. The van der Waals surface area contributed by atoms with Crippen LogP contribution in [0, 0.1) is 11.6 Å². The standard InChI is InChI=1S/C20H14BrF4N.C2H6/c1-12-7-8-15(13-5-3-2-4-6-13)20(26(12)11-18(24)25)19-16(22)9-14(21)10-17(19)23;1-2/h2-10,18H,1,11H2;1-2H3. The van der Waals surface area contributed by atoms with Crippen molar-refractivity contribution in [2.75, 3.05) is 6.54 Å². The van der Waals surface area contributed by atoms with Crippen LogP contribution in [0.25, 0.3) is 11.3 Å². The van der Waals surface area contributed by atoms with Gasteiger partial charge in [-0.1, -0.05) is 72.8 Å².